The van der Waals surface area contributed by atoms with Crippen molar-refractivity contribution in [1.82, 2.24) is 14.9 Å². The molecule has 2 heterocycles. The number of rotatable bonds is 2. The minimum atomic E-state index is -0.309. The van der Waals surface area contributed by atoms with E-state index in [1.165, 1.54) is 0 Å². The van der Waals surface area contributed by atoms with Gasteiger partial charge in [0.2, 0.25) is 5.91 Å². The number of carbonyl (C=O) groups is 1. The Bertz CT molecular complexity index is 420. The van der Waals surface area contributed by atoms with Crippen LogP contribution in [0.4, 0.5) is 0 Å². The van der Waals surface area contributed by atoms with Crippen molar-refractivity contribution in [2.75, 3.05) is 13.1 Å². The number of ether oxygens (including phenoxy) is 1. The van der Waals surface area contributed by atoms with Gasteiger partial charge in [-0.15, -0.1) is 0 Å². The molecular weight excluding hydrogens is 242 g/mol. The van der Waals surface area contributed by atoms with Crippen LogP contribution in [0, 0.1) is 5.41 Å². The number of aromatic nitrogens is 2. The molecule has 0 spiro atoms. The summed E-state index contributed by atoms with van der Waals surface area (Å²) in [6.07, 6.45) is 5.10. The molecule has 0 saturated carbocycles. The van der Waals surface area contributed by atoms with E-state index in [4.69, 9.17) is 4.74 Å². The lowest BCUT2D eigenvalue weighted by atomic mass is 9.93. The van der Waals surface area contributed by atoms with Crippen molar-refractivity contribution in [1.29, 1.82) is 0 Å². The molecule has 1 aliphatic rings. The molecule has 1 aromatic heterocycles. The van der Waals surface area contributed by atoms with E-state index < -0.39 is 0 Å². The number of nitrogens with zero attached hydrogens (tertiary/aromatic N) is 3. The van der Waals surface area contributed by atoms with Crippen LogP contribution in [0.2, 0.25) is 0 Å². The highest BCUT2D eigenvalue weighted by atomic mass is 16.5. The van der Waals surface area contributed by atoms with E-state index in [-0.39, 0.29) is 17.4 Å². The summed E-state index contributed by atoms with van der Waals surface area (Å²) < 4.78 is 5.71. The predicted molar refractivity (Wildman–Crippen MR) is 71.7 cm³/mol. The SMILES string of the molecule is CC(C)(C)C(=O)N1CCC(Oc2ncccn2)CC1. The molecule has 1 aromatic rings. The first-order chi connectivity index (χ1) is 8.97. The summed E-state index contributed by atoms with van der Waals surface area (Å²) in [7, 11) is 0. The van der Waals surface area contributed by atoms with E-state index >= 15 is 0 Å². The fourth-order valence-corrected chi connectivity index (χ4v) is 2.15. The molecule has 1 aliphatic heterocycles. The molecule has 0 radical (unpaired) electrons. The van der Waals surface area contributed by atoms with Gasteiger partial charge >= 0.3 is 6.01 Å². The Balaban J connectivity index is 1.85. The monoisotopic (exact) mass is 263 g/mol. The zero-order valence-corrected chi connectivity index (χ0v) is 11.8. The van der Waals surface area contributed by atoms with E-state index in [0.717, 1.165) is 25.9 Å². The zero-order valence-electron chi connectivity index (χ0n) is 11.8. The lowest BCUT2D eigenvalue weighted by Gasteiger charge is -2.35. The Morgan fingerprint density at radius 3 is 2.37 bits per heavy atom. The van der Waals surface area contributed by atoms with Crippen molar-refractivity contribution in [2.45, 2.75) is 39.7 Å². The molecule has 0 unspecified atom stereocenters. The summed E-state index contributed by atoms with van der Waals surface area (Å²) in [5, 5.41) is 0. The van der Waals surface area contributed by atoms with Gasteiger partial charge in [0, 0.05) is 43.7 Å². The number of likely N-dealkylation sites (tertiary alicyclic amines) is 1. The Morgan fingerprint density at radius 2 is 1.84 bits per heavy atom. The van der Waals surface area contributed by atoms with E-state index in [9.17, 15) is 4.79 Å². The Labute approximate surface area is 114 Å². The third-order valence-corrected chi connectivity index (χ3v) is 3.18. The van der Waals surface area contributed by atoms with Crippen LogP contribution in [0.25, 0.3) is 0 Å². The van der Waals surface area contributed by atoms with Crippen molar-refractivity contribution in [2.24, 2.45) is 5.41 Å². The third-order valence-electron chi connectivity index (χ3n) is 3.18. The molecule has 1 saturated heterocycles. The fraction of sp³-hybridized carbons (Fsp3) is 0.643. The molecule has 0 atom stereocenters. The summed E-state index contributed by atoms with van der Waals surface area (Å²) in [4.78, 5) is 22.2. The standard InChI is InChI=1S/C14H21N3O2/c1-14(2,3)12(18)17-9-5-11(6-10-17)19-13-15-7-4-8-16-13/h4,7-8,11H,5-6,9-10H2,1-3H3. The van der Waals surface area contributed by atoms with Gasteiger partial charge in [-0.2, -0.15) is 0 Å². The summed E-state index contributed by atoms with van der Waals surface area (Å²) in [5.74, 6) is 0.210. The van der Waals surface area contributed by atoms with E-state index in [1.54, 1.807) is 18.5 Å². The number of piperidine rings is 1. The lowest BCUT2D eigenvalue weighted by Crippen LogP contribution is -2.46. The second kappa shape index (κ2) is 5.55. The van der Waals surface area contributed by atoms with Crippen LogP contribution in [0.15, 0.2) is 18.5 Å². The highest BCUT2D eigenvalue weighted by Crippen LogP contribution is 2.22. The quantitative estimate of drug-likeness (QED) is 0.817. The predicted octanol–water partition coefficient (Wildman–Crippen LogP) is 1.89. The Kier molecular flexibility index (Phi) is 4.02. The van der Waals surface area contributed by atoms with Gasteiger partial charge in [-0.1, -0.05) is 20.8 Å². The largest absolute Gasteiger partial charge is 0.460 e. The molecule has 0 aliphatic carbocycles. The molecule has 1 fully saturated rings. The molecular formula is C14H21N3O2. The number of hydrogen-bond acceptors (Lipinski definition) is 4. The van der Waals surface area contributed by atoms with Gasteiger partial charge in [-0.3, -0.25) is 4.79 Å². The molecule has 19 heavy (non-hydrogen) atoms. The van der Waals surface area contributed by atoms with Crippen molar-refractivity contribution >= 4 is 5.91 Å². The fourth-order valence-electron chi connectivity index (χ4n) is 2.15. The second-order valence-corrected chi connectivity index (χ2v) is 5.89. The van der Waals surface area contributed by atoms with Crippen LogP contribution < -0.4 is 4.74 Å². The zero-order chi connectivity index (χ0) is 13.9. The van der Waals surface area contributed by atoms with Crippen molar-refractivity contribution in [3.8, 4) is 6.01 Å². The van der Waals surface area contributed by atoms with Crippen LogP contribution in [-0.2, 0) is 4.79 Å². The summed E-state index contributed by atoms with van der Waals surface area (Å²) >= 11 is 0. The van der Waals surface area contributed by atoms with Crippen molar-refractivity contribution in [3.05, 3.63) is 18.5 Å². The third kappa shape index (κ3) is 3.66. The average Bonchev–Trinajstić information content (AvgIpc) is 2.39. The summed E-state index contributed by atoms with van der Waals surface area (Å²) in [5.41, 5.74) is -0.309. The molecule has 1 amide bonds. The Hall–Kier alpha value is -1.65. The van der Waals surface area contributed by atoms with Gasteiger partial charge in [-0.25, -0.2) is 9.97 Å². The second-order valence-electron chi connectivity index (χ2n) is 5.89. The van der Waals surface area contributed by atoms with Crippen LogP contribution in [-0.4, -0.2) is 40.0 Å². The molecule has 5 nitrogen and oxygen atoms in total. The van der Waals surface area contributed by atoms with Gasteiger partial charge < -0.3 is 9.64 Å². The van der Waals surface area contributed by atoms with Gasteiger partial charge in [0.05, 0.1) is 0 Å². The minimum absolute atomic E-state index is 0.103. The molecule has 0 bridgehead atoms. The maximum absolute atomic E-state index is 12.1. The minimum Gasteiger partial charge on any atom is -0.460 e. The number of amides is 1. The van der Waals surface area contributed by atoms with Crippen LogP contribution in [0.1, 0.15) is 33.6 Å². The molecule has 0 aromatic carbocycles. The maximum Gasteiger partial charge on any atom is 0.316 e. The van der Waals surface area contributed by atoms with Crippen LogP contribution in [0.3, 0.4) is 0 Å². The first kappa shape index (κ1) is 13.8. The van der Waals surface area contributed by atoms with Gasteiger partial charge in [0.15, 0.2) is 0 Å². The highest BCUT2D eigenvalue weighted by Gasteiger charge is 2.30. The van der Waals surface area contributed by atoms with Crippen LogP contribution in [0.5, 0.6) is 6.01 Å². The van der Waals surface area contributed by atoms with E-state index in [2.05, 4.69) is 9.97 Å². The number of carbonyl (C=O) groups excluding carboxylic acids is 1. The van der Waals surface area contributed by atoms with E-state index in [0.29, 0.717) is 6.01 Å². The molecule has 5 heteroatoms. The van der Waals surface area contributed by atoms with Crippen LogP contribution >= 0.6 is 0 Å². The van der Waals surface area contributed by atoms with E-state index in [1.807, 2.05) is 25.7 Å². The molecule has 2 rings (SSSR count). The highest BCUT2D eigenvalue weighted by molar-refractivity contribution is 5.81. The topological polar surface area (TPSA) is 55.3 Å². The molecule has 104 valence electrons. The first-order valence-corrected chi connectivity index (χ1v) is 6.70. The van der Waals surface area contributed by atoms with Gasteiger partial charge in [0.1, 0.15) is 6.10 Å². The van der Waals surface area contributed by atoms with Gasteiger partial charge in [0.25, 0.3) is 0 Å². The van der Waals surface area contributed by atoms with Crippen molar-refractivity contribution in [3.63, 3.8) is 0 Å². The Morgan fingerprint density at radius 1 is 1.26 bits per heavy atom. The average molecular weight is 263 g/mol. The summed E-state index contributed by atoms with van der Waals surface area (Å²) in [6, 6.07) is 2.18. The van der Waals surface area contributed by atoms with Crippen molar-refractivity contribution < 1.29 is 9.53 Å². The maximum atomic E-state index is 12.1. The lowest BCUT2D eigenvalue weighted by molar-refractivity contribution is -0.141. The summed E-state index contributed by atoms with van der Waals surface area (Å²) in [6.45, 7) is 7.35. The normalized spacial score (nSPS) is 17.3. The first-order valence-electron chi connectivity index (χ1n) is 6.70. The number of hydrogen-bond donors (Lipinski definition) is 0. The smallest absolute Gasteiger partial charge is 0.316 e. The molecule has 0 N–H and O–H groups in total. The van der Waals surface area contributed by atoms with Gasteiger partial charge in [-0.05, 0) is 6.07 Å².